The van der Waals surface area contributed by atoms with Gasteiger partial charge in [-0.15, -0.1) is 5.11 Å². The third-order valence-electron chi connectivity index (χ3n) is 13.0. The van der Waals surface area contributed by atoms with Crippen LogP contribution in [0.1, 0.15) is 84.8 Å². The molecular formula is C59H65N9O6. The Morgan fingerprint density at radius 3 is 2.11 bits per heavy atom. The van der Waals surface area contributed by atoms with E-state index in [4.69, 9.17) is 28.9 Å². The van der Waals surface area contributed by atoms with Crippen LogP contribution in [0.25, 0.3) is 11.0 Å². The smallest absolute Gasteiger partial charge is 0.254 e. The standard InChI is InChI=1S/C59H65N9O6/c1-7-9-35-67(36-10-8-2)41-63-56-55-42(17-16-34-60-58(70)50-20-14-15-21-51(50)65-64-46-26-28-47(29-27-46)66(3)4)38-68(57(55)62-40-61-56)54-37-52(69)53(74-54)39-73-59(43-18-12-11-13-19-43,44-22-30-48(71-5)31-23-44)45-24-32-49(72-6)33-25-45/h11-15,18-33,38,40-41,52-54,69H,7-10,34-37,39H2,1-6H3,(H,60,70)/b63-41+,65-64?/t52-,53+,54+/m0/s1. The summed E-state index contributed by atoms with van der Waals surface area (Å²) in [5.74, 6) is 7.97. The first kappa shape index (κ1) is 52.4. The van der Waals surface area contributed by atoms with Crippen molar-refractivity contribution >= 4 is 46.2 Å². The van der Waals surface area contributed by atoms with Crippen molar-refractivity contribution in [1.29, 1.82) is 0 Å². The van der Waals surface area contributed by atoms with E-state index in [1.165, 1.54) is 6.33 Å². The number of aliphatic hydroxyl groups excluding tert-OH is 1. The van der Waals surface area contributed by atoms with Crippen molar-refractivity contribution in [1.82, 2.24) is 24.8 Å². The number of unbranched alkanes of at least 4 members (excludes halogenated alkanes) is 2. The molecule has 1 fully saturated rings. The van der Waals surface area contributed by atoms with Crippen LogP contribution in [0.2, 0.25) is 0 Å². The predicted octanol–water partition coefficient (Wildman–Crippen LogP) is 10.9. The predicted molar refractivity (Wildman–Crippen MR) is 290 cm³/mol. The van der Waals surface area contributed by atoms with E-state index in [-0.39, 0.29) is 25.5 Å². The first-order valence-electron chi connectivity index (χ1n) is 25.2. The topological polar surface area (TPSA) is 161 Å². The normalized spacial score (nSPS) is 15.6. The number of hydrogen-bond acceptors (Lipinski definition) is 12. The molecule has 3 heterocycles. The second-order valence-electron chi connectivity index (χ2n) is 18.2. The molecule has 382 valence electrons. The van der Waals surface area contributed by atoms with E-state index >= 15 is 0 Å². The maximum Gasteiger partial charge on any atom is 0.254 e. The van der Waals surface area contributed by atoms with Gasteiger partial charge in [0, 0.05) is 45.5 Å². The van der Waals surface area contributed by atoms with Gasteiger partial charge in [-0.05, 0) is 90.2 Å². The zero-order valence-corrected chi connectivity index (χ0v) is 43.0. The van der Waals surface area contributed by atoms with Crippen LogP contribution in [0.5, 0.6) is 11.5 Å². The first-order valence-corrected chi connectivity index (χ1v) is 25.2. The van der Waals surface area contributed by atoms with Gasteiger partial charge in [0.15, 0.2) is 5.82 Å². The van der Waals surface area contributed by atoms with Crippen molar-refractivity contribution < 1.29 is 28.8 Å². The van der Waals surface area contributed by atoms with Crippen LogP contribution in [0.15, 0.2) is 155 Å². The summed E-state index contributed by atoms with van der Waals surface area (Å²) in [6.45, 7) is 6.15. The third kappa shape index (κ3) is 12.3. The van der Waals surface area contributed by atoms with Crippen molar-refractivity contribution in [3.05, 3.63) is 168 Å². The molecule has 15 nitrogen and oxygen atoms in total. The van der Waals surface area contributed by atoms with E-state index in [1.807, 2.05) is 145 Å². The third-order valence-corrected chi connectivity index (χ3v) is 13.0. The summed E-state index contributed by atoms with van der Waals surface area (Å²) in [5, 5.41) is 24.2. The summed E-state index contributed by atoms with van der Waals surface area (Å²) >= 11 is 0. The quantitative estimate of drug-likeness (QED) is 0.0220. The number of azo groups is 1. The molecule has 74 heavy (non-hydrogen) atoms. The fourth-order valence-corrected chi connectivity index (χ4v) is 8.93. The Hall–Kier alpha value is -7.90. The molecular weight excluding hydrogens is 931 g/mol. The Bertz CT molecular complexity index is 3000. The maximum atomic E-state index is 13.6. The van der Waals surface area contributed by atoms with Crippen LogP contribution in [0, 0.1) is 11.8 Å². The Morgan fingerprint density at radius 2 is 1.47 bits per heavy atom. The molecule has 1 saturated heterocycles. The minimum absolute atomic E-state index is 0.0282. The molecule has 5 aromatic carbocycles. The minimum atomic E-state index is -1.12. The summed E-state index contributed by atoms with van der Waals surface area (Å²) < 4.78 is 26.9. The lowest BCUT2D eigenvalue weighted by molar-refractivity contribution is -0.0930. The largest absolute Gasteiger partial charge is 0.497 e. The number of nitrogens with one attached hydrogen (secondary N) is 1. The van der Waals surface area contributed by atoms with Gasteiger partial charge in [0.25, 0.3) is 5.91 Å². The molecule has 1 aliphatic rings. The number of aromatic nitrogens is 3. The number of carbonyl (C=O) groups excluding carboxylic acids is 1. The van der Waals surface area contributed by atoms with E-state index in [1.54, 1.807) is 32.4 Å². The molecule has 2 aromatic heterocycles. The van der Waals surface area contributed by atoms with Gasteiger partial charge in [-0.1, -0.05) is 105 Å². The van der Waals surface area contributed by atoms with Crippen molar-refractivity contribution in [2.75, 3.05) is 59.5 Å². The molecule has 0 spiro atoms. The fraction of sp³-hybridized carbons (Fsp3) is 0.322. The van der Waals surface area contributed by atoms with Gasteiger partial charge < -0.3 is 43.7 Å². The number of amides is 1. The van der Waals surface area contributed by atoms with E-state index in [0.717, 1.165) is 61.2 Å². The van der Waals surface area contributed by atoms with E-state index in [9.17, 15) is 9.90 Å². The maximum absolute atomic E-state index is 13.6. The highest BCUT2D eigenvalue weighted by molar-refractivity contribution is 5.99. The van der Waals surface area contributed by atoms with Crippen LogP contribution >= 0.6 is 0 Å². The first-order chi connectivity index (χ1) is 36.1. The number of hydrogen-bond donors (Lipinski definition) is 2. The van der Waals surface area contributed by atoms with Gasteiger partial charge in [0.05, 0.1) is 67.7 Å². The van der Waals surface area contributed by atoms with Crippen molar-refractivity contribution in [2.45, 2.75) is 70.0 Å². The lowest BCUT2D eigenvalue weighted by Gasteiger charge is -2.37. The molecule has 7 aromatic rings. The molecule has 0 unspecified atom stereocenters. The molecule has 1 amide bonds. The highest BCUT2D eigenvalue weighted by Gasteiger charge is 2.42. The van der Waals surface area contributed by atoms with Gasteiger partial charge in [0.1, 0.15) is 41.4 Å². The molecule has 2 N–H and O–H groups in total. The highest BCUT2D eigenvalue weighted by Crippen LogP contribution is 2.43. The lowest BCUT2D eigenvalue weighted by atomic mass is 9.80. The molecule has 0 bridgehead atoms. The number of rotatable bonds is 22. The SMILES string of the molecule is CCCCN(/C=N/c1ncnc2c1c(C#CCNC(=O)c1ccccc1N=Nc1ccc(N(C)C)cc1)cn2[C@H]1C[C@H](O)[C@@H](COC(c2ccccc2)(c2ccc(OC)cc2)c2ccc(OC)cc2)O1)CCCC. The van der Waals surface area contributed by atoms with Crippen LogP contribution in [0.3, 0.4) is 0 Å². The van der Waals surface area contributed by atoms with Crippen LogP contribution in [-0.4, -0.2) is 104 Å². The molecule has 0 saturated carbocycles. The number of fused-ring (bicyclic) bond motifs is 1. The van der Waals surface area contributed by atoms with Crippen molar-refractivity contribution in [3.8, 4) is 23.3 Å². The summed E-state index contributed by atoms with van der Waals surface area (Å²) in [6.07, 6.45) is 7.35. The monoisotopic (exact) mass is 996 g/mol. The van der Waals surface area contributed by atoms with E-state index < -0.39 is 24.0 Å². The average Bonchev–Trinajstić information content (AvgIpc) is 4.01. The van der Waals surface area contributed by atoms with Crippen LogP contribution < -0.4 is 19.7 Å². The number of aliphatic imine (C=N–C) groups is 1. The summed E-state index contributed by atoms with van der Waals surface area (Å²) in [7, 11) is 7.23. The van der Waals surface area contributed by atoms with Gasteiger partial charge in [-0.3, -0.25) is 4.79 Å². The molecule has 0 aliphatic carbocycles. The number of methoxy groups -OCH3 is 2. The highest BCUT2D eigenvalue weighted by atomic mass is 16.6. The molecule has 15 heteroatoms. The molecule has 1 aliphatic heterocycles. The Labute approximate surface area is 433 Å². The van der Waals surface area contributed by atoms with E-state index in [0.29, 0.717) is 50.9 Å². The molecule has 3 atom stereocenters. The Balaban J connectivity index is 1.08. The second-order valence-corrected chi connectivity index (χ2v) is 18.2. The number of nitrogens with zero attached hydrogens (tertiary/aromatic N) is 8. The number of ether oxygens (including phenoxy) is 4. The zero-order chi connectivity index (χ0) is 51.9. The van der Waals surface area contributed by atoms with Crippen molar-refractivity contribution in [3.63, 3.8) is 0 Å². The van der Waals surface area contributed by atoms with Crippen molar-refractivity contribution in [2.24, 2.45) is 15.2 Å². The fourth-order valence-electron chi connectivity index (χ4n) is 8.93. The van der Waals surface area contributed by atoms with Gasteiger partial charge in [-0.25, -0.2) is 15.0 Å². The summed E-state index contributed by atoms with van der Waals surface area (Å²) in [4.78, 5) is 32.2. The van der Waals surface area contributed by atoms with Gasteiger partial charge >= 0.3 is 0 Å². The minimum Gasteiger partial charge on any atom is -0.497 e. The van der Waals surface area contributed by atoms with Gasteiger partial charge in [0.2, 0.25) is 0 Å². The number of carbonyl (C=O) groups is 1. The van der Waals surface area contributed by atoms with E-state index in [2.05, 4.69) is 51.1 Å². The van der Waals surface area contributed by atoms with Crippen LogP contribution in [-0.2, 0) is 15.1 Å². The van der Waals surface area contributed by atoms with Gasteiger partial charge in [-0.2, -0.15) is 5.11 Å². The Kier molecular flexibility index (Phi) is 17.8. The number of anilines is 1. The average molecular weight is 996 g/mol. The zero-order valence-electron chi connectivity index (χ0n) is 43.0. The second kappa shape index (κ2) is 25.2. The number of aliphatic hydroxyl groups is 1. The Morgan fingerprint density at radius 1 is 0.838 bits per heavy atom. The summed E-state index contributed by atoms with van der Waals surface area (Å²) in [6, 6.07) is 40.4. The molecule has 8 rings (SSSR count). The lowest BCUT2D eigenvalue weighted by Crippen LogP contribution is -2.38. The number of benzene rings is 5. The summed E-state index contributed by atoms with van der Waals surface area (Å²) in [5.41, 5.74) is 5.12. The van der Waals surface area contributed by atoms with Crippen LogP contribution in [0.4, 0.5) is 22.9 Å². The molecule has 0 radical (unpaired) electrons.